The maximum absolute atomic E-state index is 2.52. The second-order valence-electron chi connectivity index (χ2n) is 5.12. The van der Waals surface area contributed by atoms with Gasteiger partial charge in [0, 0.05) is 12.6 Å². The van der Waals surface area contributed by atoms with Crippen molar-refractivity contribution >= 4 is 0 Å². The van der Waals surface area contributed by atoms with Crippen molar-refractivity contribution in [1.29, 1.82) is 0 Å². The maximum atomic E-state index is 2.52. The highest BCUT2D eigenvalue weighted by atomic mass is 15.1. The highest BCUT2D eigenvalue weighted by Gasteiger charge is 2.24. The minimum Gasteiger partial charge on any atom is -0.297 e. The first-order chi connectivity index (χ1) is 5.95. The van der Waals surface area contributed by atoms with Gasteiger partial charge in [-0.2, -0.15) is 0 Å². The SMILES string of the molecule is CCN1CC=C(C(C)(C)C)CC1C. The van der Waals surface area contributed by atoms with E-state index in [4.69, 9.17) is 0 Å². The van der Waals surface area contributed by atoms with Gasteiger partial charge >= 0.3 is 0 Å². The third-order valence-corrected chi connectivity index (χ3v) is 3.08. The van der Waals surface area contributed by atoms with Crippen LogP contribution in [-0.4, -0.2) is 24.0 Å². The van der Waals surface area contributed by atoms with Crippen molar-refractivity contribution in [3.8, 4) is 0 Å². The van der Waals surface area contributed by atoms with Gasteiger partial charge in [0.15, 0.2) is 0 Å². The monoisotopic (exact) mass is 181 g/mol. The van der Waals surface area contributed by atoms with E-state index < -0.39 is 0 Å². The van der Waals surface area contributed by atoms with Gasteiger partial charge in [-0.1, -0.05) is 39.3 Å². The summed E-state index contributed by atoms with van der Waals surface area (Å²) in [4.78, 5) is 2.52. The van der Waals surface area contributed by atoms with E-state index in [-0.39, 0.29) is 0 Å². The van der Waals surface area contributed by atoms with Crippen molar-refractivity contribution in [3.05, 3.63) is 11.6 Å². The minimum atomic E-state index is 0.369. The van der Waals surface area contributed by atoms with Gasteiger partial charge < -0.3 is 0 Å². The summed E-state index contributed by atoms with van der Waals surface area (Å²) < 4.78 is 0. The van der Waals surface area contributed by atoms with Crippen LogP contribution in [0.25, 0.3) is 0 Å². The van der Waals surface area contributed by atoms with Crippen LogP contribution in [0.15, 0.2) is 11.6 Å². The van der Waals surface area contributed by atoms with Crippen LogP contribution in [0.5, 0.6) is 0 Å². The quantitative estimate of drug-likeness (QED) is 0.562. The Morgan fingerprint density at radius 1 is 1.46 bits per heavy atom. The fourth-order valence-corrected chi connectivity index (χ4v) is 1.99. The van der Waals surface area contributed by atoms with Gasteiger partial charge in [-0.25, -0.2) is 0 Å². The van der Waals surface area contributed by atoms with Crippen molar-refractivity contribution in [2.45, 2.75) is 47.1 Å². The molecule has 13 heavy (non-hydrogen) atoms. The van der Waals surface area contributed by atoms with Gasteiger partial charge in [-0.3, -0.25) is 4.90 Å². The van der Waals surface area contributed by atoms with E-state index in [2.05, 4.69) is 45.6 Å². The predicted molar refractivity (Wildman–Crippen MR) is 58.9 cm³/mol. The van der Waals surface area contributed by atoms with Crippen LogP contribution in [0.3, 0.4) is 0 Å². The zero-order chi connectivity index (χ0) is 10.1. The Labute approximate surface area is 82.8 Å². The molecule has 0 saturated carbocycles. The Morgan fingerprint density at radius 2 is 2.08 bits per heavy atom. The Bertz CT molecular complexity index is 198. The summed E-state index contributed by atoms with van der Waals surface area (Å²) in [6, 6.07) is 0.726. The Hall–Kier alpha value is -0.300. The van der Waals surface area contributed by atoms with Crippen LogP contribution >= 0.6 is 0 Å². The lowest BCUT2D eigenvalue weighted by Gasteiger charge is -2.36. The summed E-state index contributed by atoms with van der Waals surface area (Å²) in [5, 5.41) is 0. The summed E-state index contributed by atoms with van der Waals surface area (Å²) in [6.45, 7) is 13.8. The molecule has 0 saturated heterocycles. The summed E-state index contributed by atoms with van der Waals surface area (Å²) in [5.41, 5.74) is 2.00. The molecule has 0 aromatic carbocycles. The van der Waals surface area contributed by atoms with E-state index in [1.807, 2.05) is 0 Å². The first-order valence-electron chi connectivity index (χ1n) is 5.38. The molecule has 1 atom stereocenters. The van der Waals surface area contributed by atoms with Crippen LogP contribution in [0.4, 0.5) is 0 Å². The third kappa shape index (κ3) is 2.57. The predicted octanol–water partition coefficient (Wildman–Crippen LogP) is 3.07. The molecule has 0 aliphatic carbocycles. The van der Waals surface area contributed by atoms with Gasteiger partial charge in [0.2, 0.25) is 0 Å². The lowest BCUT2D eigenvalue weighted by atomic mass is 9.81. The molecular weight excluding hydrogens is 158 g/mol. The molecule has 76 valence electrons. The lowest BCUT2D eigenvalue weighted by molar-refractivity contribution is 0.217. The smallest absolute Gasteiger partial charge is 0.0168 e. The molecule has 0 amide bonds. The van der Waals surface area contributed by atoms with Gasteiger partial charge in [0.25, 0.3) is 0 Å². The number of rotatable bonds is 1. The van der Waals surface area contributed by atoms with Crippen LogP contribution in [0.1, 0.15) is 41.0 Å². The summed E-state index contributed by atoms with van der Waals surface area (Å²) in [5.74, 6) is 0. The van der Waals surface area contributed by atoms with E-state index in [1.165, 1.54) is 13.0 Å². The average Bonchev–Trinajstić information content (AvgIpc) is 2.02. The molecule has 0 bridgehead atoms. The zero-order valence-corrected chi connectivity index (χ0v) is 9.72. The van der Waals surface area contributed by atoms with Crippen LogP contribution in [-0.2, 0) is 0 Å². The molecule has 1 nitrogen and oxygen atoms in total. The number of nitrogens with zero attached hydrogens (tertiary/aromatic N) is 1. The van der Waals surface area contributed by atoms with Crippen LogP contribution in [0, 0.1) is 5.41 Å². The minimum absolute atomic E-state index is 0.369. The second kappa shape index (κ2) is 3.83. The molecule has 0 aromatic heterocycles. The fourth-order valence-electron chi connectivity index (χ4n) is 1.99. The van der Waals surface area contributed by atoms with Gasteiger partial charge in [0.1, 0.15) is 0 Å². The molecule has 0 spiro atoms. The van der Waals surface area contributed by atoms with Crippen LogP contribution in [0.2, 0.25) is 0 Å². The first kappa shape index (κ1) is 10.8. The molecule has 1 heteroatoms. The van der Waals surface area contributed by atoms with Gasteiger partial charge in [-0.15, -0.1) is 0 Å². The average molecular weight is 181 g/mol. The molecule has 0 N–H and O–H groups in total. The molecule has 1 aliphatic rings. The van der Waals surface area contributed by atoms with Gasteiger partial charge in [0.05, 0.1) is 0 Å². The van der Waals surface area contributed by atoms with Crippen molar-refractivity contribution < 1.29 is 0 Å². The number of hydrogen-bond donors (Lipinski definition) is 0. The zero-order valence-electron chi connectivity index (χ0n) is 9.72. The van der Waals surface area contributed by atoms with E-state index in [9.17, 15) is 0 Å². The molecular formula is C12H23N. The van der Waals surface area contributed by atoms with Crippen molar-refractivity contribution in [1.82, 2.24) is 4.90 Å². The molecule has 0 fully saturated rings. The first-order valence-corrected chi connectivity index (χ1v) is 5.38. The van der Waals surface area contributed by atoms with E-state index in [1.54, 1.807) is 5.57 Å². The summed E-state index contributed by atoms with van der Waals surface area (Å²) >= 11 is 0. The third-order valence-electron chi connectivity index (χ3n) is 3.08. The highest BCUT2D eigenvalue weighted by Crippen LogP contribution is 2.32. The van der Waals surface area contributed by atoms with E-state index in [0.29, 0.717) is 5.41 Å². The van der Waals surface area contributed by atoms with Gasteiger partial charge in [-0.05, 0) is 25.3 Å². The Balaban J connectivity index is 2.69. The maximum Gasteiger partial charge on any atom is 0.0168 e. The molecule has 0 radical (unpaired) electrons. The molecule has 0 aromatic rings. The Kier molecular flexibility index (Phi) is 3.18. The molecule has 1 unspecified atom stereocenters. The Morgan fingerprint density at radius 3 is 2.46 bits per heavy atom. The van der Waals surface area contributed by atoms with Crippen molar-refractivity contribution in [3.63, 3.8) is 0 Å². The lowest BCUT2D eigenvalue weighted by Crippen LogP contribution is -2.38. The second-order valence-corrected chi connectivity index (χ2v) is 5.12. The van der Waals surface area contributed by atoms with Crippen LogP contribution < -0.4 is 0 Å². The fraction of sp³-hybridized carbons (Fsp3) is 0.833. The van der Waals surface area contributed by atoms with Crippen molar-refractivity contribution in [2.24, 2.45) is 5.41 Å². The normalized spacial score (nSPS) is 25.9. The summed E-state index contributed by atoms with van der Waals surface area (Å²) in [7, 11) is 0. The highest BCUT2D eigenvalue weighted by molar-refractivity contribution is 5.16. The molecule has 1 rings (SSSR count). The standard InChI is InChI=1S/C12H23N/c1-6-13-8-7-11(9-10(13)2)12(3,4)5/h7,10H,6,8-9H2,1-5H3. The largest absolute Gasteiger partial charge is 0.297 e. The van der Waals surface area contributed by atoms with Crippen molar-refractivity contribution in [2.75, 3.05) is 13.1 Å². The molecule has 1 aliphatic heterocycles. The van der Waals surface area contributed by atoms with E-state index in [0.717, 1.165) is 12.6 Å². The number of hydrogen-bond acceptors (Lipinski definition) is 1. The van der Waals surface area contributed by atoms with E-state index >= 15 is 0 Å². The topological polar surface area (TPSA) is 3.24 Å². The number of likely N-dealkylation sites (N-methyl/N-ethyl adjacent to an activating group) is 1. The summed E-state index contributed by atoms with van der Waals surface area (Å²) in [6.07, 6.45) is 3.67. The molecule has 1 heterocycles.